The molecule has 1 saturated carbocycles. The first-order valence-electron chi connectivity index (χ1n) is 8.80. The van der Waals surface area contributed by atoms with E-state index in [2.05, 4.69) is 22.5 Å². The molecule has 4 nitrogen and oxygen atoms in total. The zero-order valence-electron chi connectivity index (χ0n) is 14.4. The van der Waals surface area contributed by atoms with Crippen LogP contribution >= 0.6 is 0 Å². The van der Waals surface area contributed by atoms with Gasteiger partial charge in [-0.2, -0.15) is 0 Å². The van der Waals surface area contributed by atoms with E-state index in [0.29, 0.717) is 11.7 Å². The van der Waals surface area contributed by atoms with E-state index in [1.807, 2.05) is 37.3 Å². The summed E-state index contributed by atoms with van der Waals surface area (Å²) in [4.78, 5) is 16.9. The lowest BCUT2D eigenvalue weighted by Gasteiger charge is -2.15. The molecule has 1 aromatic heterocycles. The molecule has 2 N–H and O–H groups in total. The highest BCUT2D eigenvalue weighted by atomic mass is 16.1. The minimum atomic E-state index is -0.158. The Bertz CT molecular complexity index is 721. The summed E-state index contributed by atoms with van der Waals surface area (Å²) in [5.74, 6) is -0.158. The number of nitrogens with zero attached hydrogens (tertiary/aromatic N) is 1. The molecule has 0 aliphatic heterocycles. The van der Waals surface area contributed by atoms with Gasteiger partial charge in [0.2, 0.25) is 0 Å². The number of rotatable bonds is 5. The number of carbonyl (C=O) groups is 1. The van der Waals surface area contributed by atoms with E-state index >= 15 is 0 Å². The van der Waals surface area contributed by atoms with Crippen molar-refractivity contribution in [1.82, 2.24) is 4.98 Å². The number of aromatic nitrogens is 1. The molecule has 0 unspecified atom stereocenters. The summed E-state index contributed by atoms with van der Waals surface area (Å²) < 4.78 is 0. The summed E-state index contributed by atoms with van der Waals surface area (Å²) in [6.07, 6.45) is 7.55. The Morgan fingerprint density at radius 1 is 1.25 bits per heavy atom. The van der Waals surface area contributed by atoms with E-state index in [4.69, 9.17) is 0 Å². The molecule has 1 aliphatic carbocycles. The quantitative estimate of drug-likeness (QED) is 0.848. The number of para-hydroxylation sites is 1. The maximum Gasteiger partial charge on any atom is 0.274 e. The van der Waals surface area contributed by atoms with Gasteiger partial charge >= 0.3 is 0 Å². The molecule has 3 rings (SSSR count). The van der Waals surface area contributed by atoms with Crippen LogP contribution in [-0.4, -0.2) is 16.9 Å². The second-order valence-electron chi connectivity index (χ2n) is 6.47. The van der Waals surface area contributed by atoms with Crippen LogP contribution in [0.3, 0.4) is 0 Å². The van der Waals surface area contributed by atoms with Crippen molar-refractivity contribution in [3.63, 3.8) is 0 Å². The van der Waals surface area contributed by atoms with Crippen molar-refractivity contribution in [3.8, 4) is 0 Å². The highest BCUT2D eigenvalue weighted by Crippen LogP contribution is 2.24. The Morgan fingerprint density at radius 3 is 2.79 bits per heavy atom. The van der Waals surface area contributed by atoms with Gasteiger partial charge in [-0.3, -0.25) is 9.78 Å². The van der Waals surface area contributed by atoms with Crippen LogP contribution in [0, 0.1) is 6.92 Å². The summed E-state index contributed by atoms with van der Waals surface area (Å²) in [5.41, 5.74) is 4.54. The van der Waals surface area contributed by atoms with Crippen molar-refractivity contribution < 1.29 is 4.79 Å². The zero-order chi connectivity index (χ0) is 16.9. The summed E-state index contributed by atoms with van der Waals surface area (Å²) in [6, 6.07) is 10.4. The second-order valence-corrected chi connectivity index (χ2v) is 6.47. The van der Waals surface area contributed by atoms with E-state index in [9.17, 15) is 4.79 Å². The minimum absolute atomic E-state index is 0.158. The predicted molar refractivity (Wildman–Crippen MR) is 98.6 cm³/mol. The molecule has 1 heterocycles. The van der Waals surface area contributed by atoms with Crippen LogP contribution in [0.25, 0.3) is 0 Å². The first-order chi connectivity index (χ1) is 11.7. The van der Waals surface area contributed by atoms with Gasteiger partial charge in [0.1, 0.15) is 5.69 Å². The van der Waals surface area contributed by atoms with E-state index in [-0.39, 0.29) is 5.91 Å². The van der Waals surface area contributed by atoms with Crippen molar-refractivity contribution in [2.45, 2.75) is 52.0 Å². The standard InChI is InChI=1S/C20H25N3O/c1-3-15-8-6-7-14(2)19(15)23-20(24)18-13-17(11-12-21-18)22-16-9-4-5-10-16/h6-8,11-13,16H,3-5,9-10H2,1-2H3,(H,21,22)(H,23,24). The van der Waals surface area contributed by atoms with E-state index in [1.165, 1.54) is 25.7 Å². The summed E-state index contributed by atoms with van der Waals surface area (Å²) in [5, 5.41) is 6.55. The van der Waals surface area contributed by atoms with Crippen molar-refractivity contribution >= 4 is 17.3 Å². The molecule has 0 radical (unpaired) electrons. The van der Waals surface area contributed by atoms with E-state index in [0.717, 1.165) is 28.9 Å². The van der Waals surface area contributed by atoms with Gasteiger partial charge in [-0.05, 0) is 49.4 Å². The minimum Gasteiger partial charge on any atom is -0.382 e. The molecule has 24 heavy (non-hydrogen) atoms. The number of aryl methyl sites for hydroxylation is 2. The summed E-state index contributed by atoms with van der Waals surface area (Å²) in [7, 11) is 0. The van der Waals surface area contributed by atoms with Gasteiger partial charge in [-0.25, -0.2) is 0 Å². The van der Waals surface area contributed by atoms with Gasteiger partial charge < -0.3 is 10.6 Å². The Balaban J connectivity index is 1.75. The lowest BCUT2D eigenvalue weighted by atomic mass is 10.1. The molecule has 2 aromatic rings. The molecule has 0 spiro atoms. The van der Waals surface area contributed by atoms with Crippen LogP contribution in [0.1, 0.15) is 54.2 Å². The smallest absolute Gasteiger partial charge is 0.274 e. The number of anilines is 2. The molecule has 0 saturated heterocycles. The predicted octanol–water partition coefficient (Wildman–Crippen LogP) is 4.56. The Hall–Kier alpha value is -2.36. The molecular formula is C20H25N3O. The fourth-order valence-corrected chi connectivity index (χ4v) is 3.33. The lowest BCUT2D eigenvalue weighted by molar-refractivity contribution is 0.102. The fraction of sp³-hybridized carbons (Fsp3) is 0.400. The summed E-state index contributed by atoms with van der Waals surface area (Å²) >= 11 is 0. The van der Waals surface area contributed by atoms with E-state index < -0.39 is 0 Å². The fourth-order valence-electron chi connectivity index (χ4n) is 3.33. The molecule has 4 heteroatoms. The third-order valence-electron chi connectivity index (χ3n) is 4.70. The van der Waals surface area contributed by atoms with Gasteiger partial charge in [0.15, 0.2) is 0 Å². The van der Waals surface area contributed by atoms with Crippen LogP contribution in [0.15, 0.2) is 36.5 Å². The van der Waals surface area contributed by atoms with Crippen molar-refractivity contribution in [2.75, 3.05) is 10.6 Å². The number of carbonyl (C=O) groups excluding carboxylic acids is 1. The van der Waals surface area contributed by atoms with Gasteiger partial charge in [0.05, 0.1) is 0 Å². The van der Waals surface area contributed by atoms with Gasteiger partial charge in [-0.1, -0.05) is 38.0 Å². The van der Waals surface area contributed by atoms with E-state index in [1.54, 1.807) is 6.20 Å². The number of pyridine rings is 1. The molecule has 1 aliphatic rings. The largest absolute Gasteiger partial charge is 0.382 e. The number of hydrogen-bond acceptors (Lipinski definition) is 3. The number of amides is 1. The first kappa shape index (κ1) is 16.5. The summed E-state index contributed by atoms with van der Waals surface area (Å²) in [6.45, 7) is 4.11. The van der Waals surface area contributed by atoms with Crippen molar-refractivity contribution in [1.29, 1.82) is 0 Å². The topological polar surface area (TPSA) is 54.0 Å². The number of nitrogens with one attached hydrogen (secondary N) is 2. The maximum absolute atomic E-state index is 12.6. The number of hydrogen-bond donors (Lipinski definition) is 2. The molecule has 1 amide bonds. The molecule has 0 bridgehead atoms. The Labute approximate surface area is 143 Å². The zero-order valence-corrected chi connectivity index (χ0v) is 14.4. The monoisotopic (exact) mass is 323 g/mol. The highest BCUT2D eigenvalue weighted by Gasteiger charge is 2.16. The normalized spacial score (nSPS) is 14.6. The van der Waals surface area contributed by atoms with Crippen molar-refractivity contribution in [2.24, 2.45) is 0 Å². The molecular weight excluding hydrogens is 298 g/mol. The average molecular weight is 323 g/mol. The van der Waals surface area contributed by atoms with Gasteiger partial charge in [0, 0.05) is 23.6 Å². The highest BCUT2D eigenvalue weighted by molar-refractivity contribution is 6.04. The van der Waals surface area contributed by atoms with Crippen LogP contribution in [0.5, 0.6) is 0 Å². The number of benzene rings is 1. The third-order valence-corrected chi connectivity index (χ3v) is 4.70. The Morgan fingerprint density at radius 2 is 2.04 bits per heavy atom. The molecule has 1 fully saturated rings. The average Bonchev–Trinajstić information content (AvgIpc) is 3.10. The van der Waals surface area contributed by atoms with Crippen molar-refractivity contribution in [3.05, 3.63) is 53.3 Å². The second kappa shape index (κ2) is 7.47. The first-order valence-corrected chi connectivity index (χ1v) is 8.80. The molecule has 126 valence electrons. The van der Waals surface area contributed by atoms with Crippen LogP contribution in [-0.2, 0) is 6.42 Å². The lowest BCUT2D eigenvalue weighted by Crippen LogP contribution is -2.18. The third kappa shape index (κ3) is 3.75. The maximum atomic E-state index is 12.6. The van der Waals surface area contributed by atoms with Crippen LogP contribution in [0.2, 0.25) is 0 Å². The Kier molecular flexibility index (Phi) is 5.14. The van der Waals surface area contributed by atoms with Crippen LogP contribution in [0.4, 0.5) is 11.4 Å². The SMILES string of the molecule is CCc1cccc(C)c1NC(=O)c1cc(NC2CCCC2)ccn1. The molecule has 1 aromatic carbocycles. The van der Waals surface area contributed by atoms with Crippen LogP contribution < -0.4 is 10.6 Å². The van der Waals surface area contributed by atoms with Gasteiger partial charge in [0.25, 0.3) is 5.91 Å². The molecule has 0 atom stereocenters. The van der Waals surface area contributed by atoms with Gasteiger partial charge in [-0.15, -0.1) is 0 Å².